The van der Waals surface area contributed by atoms with Crippen molar-refractivity contribution in [3.05, 3.63) is 47.4 Å². The summed E-state index contributed by atoms with van der Waals surface area (Å²) in [7, 11) is 0. The highest BCUT2D eigenvalue weighted by Gasteiger charge is 2.11. The Morgan fingerprint density at radius 1 is 1.29 bits per heavy atom. The number of hydrogen-bond acceptors (Lipinski definition) is 4. The minimum atomic E-state index is -0.896. The molecule has 2 rings (SSSR count). The SMILES string of the molecule is Cc1cc(Oc2ccccc2CC(=O)O)nc(C(C)C)n1. The first-order valence-corrected chi connectivity index (χ1v) is 6.79. The van der Waals surface area contributed by atoms with Crippen molar-refractivity contribution in [3.8, 4) is 11.6 Å². The molecule has 2 aromatic rings. The van der Waals surface area contributed by atoms with Gasteiger partial charge in [-0.15, -0.1) is 0 Å². The van der Waals surface area contributed by atoms with Gasteiger partial charge in [0.05, 0.1) is 6.42 Å². The number of carboxylic acids is 1. The monoisotopic (exact) mass is 286 g/mol. The fourth-order valence-electron chi connectivity index (χ4n) is 1.90. The van der Waals surface area contributed by atoms with Crippen LogP contribution in [0.1, 0.15) is 36.8 Å². The Kier molecular flexibility index (Phi) is 4.52. The van der Waals surface area contributed by atoms with Gasteiger partial charge in [0, 0.05) is 23.2 Å². The first kappa shape index (κ1) is 15.0. The lowest BCUT2D eigenvalue weighted by atomic mass is 10.1. The number of nitrogens with zero attached hydrogens (tertiary/aromatic N) is 2. The van der Waals surface area contributed by atoms with Gasteiger partial charge >= 0.3 is 5.97 Å². The molecule has 110 valence electrons. The van der Waals surface area contributed by atoms with Crippen molar-refractivity contribution in [3.63, 3.8) is 0 Å². The number of benzene rings is 1. The van der Waals surface area contributed by atoms with Crippen LogP contribution in [-0.2, 0) is 11.2 Å². The van der Waals surface area contributed by atoms with Gasteiger partial charge in [0.1, 0.15) is 11.6 Å². The number of aliphatic carboxylic acids is 1. The summed E-state index contributed by atoms with van der Waals surface area (Å²) in [6, 6.07) is 8.81. The zero-order valence-electron chi connectivity index (χ0n) is 12.3. The highest BCUT2D eigenvalue weighted by atomic mass is 16.5. The molecule has 0 unspecified atom stereocenters. The lowest BCUT2D eigenvalue weighted by Crippen LogP contribution is -2.04. The summed E-state index contributed by atoms with van der Waals surface area (Å²) in [5.41, 5.74) is 1.44. The topological polar surface area (TPSA) is 72.3 Å². The average molecular weight is 286 g/mol. The molecule has 5 heteroatoms. The second kappa shape index (κ2) is 6.35. The molecule has 0 saturated heterocycles. The molecule has 0 radical (unpaired) electrons. The third-order valence-corrected chi connectivity index (χ3v) is 2.89. The molecule has 0 bridgehead atoms. The highest BCUT2D eigenvalue weighted by Crippen LogP contribution is 2.25. The Bertz CT molecular complexity index is 654. The Morgan fingerprint density at radius 3 is 2.67 bits per heavy atom. The van der Waals surface area contributed by atoms with Crippen LogP contribution in [0.3, 0.4) is 0 Å². The summed E-state index contributed by atoms with van der Waals surface area (Å²) in [4.78, 5) is 19.6. The maximum Gasteiger partial charge on any atom is 0.307 e. The van der Waals surface area contributed by atoms with Crippen molar-refractivity contribution in [1.82, 2.24) is 9.97 Å². The first-order valence-electron chi connectivity index (χ1n) is 6.79. The van der Waals surface area contributed by atoms with E-state index in [0.29, 0.717) is 23.0 Å². The Labute approximate surface area is 123 Å². The molecule has 1 heterocycles. The quantitative estimate of drug-likeness (QED) is 0.912. The van der Waals surface area contributed by atoms with Gasteiger partial charge in [0.15, 0.2) is 0 Å². The van der Waals surface area contributed by atoms with Crippen molar-refractivity contribution >= 4 is 5.97 Å². The van der Waals surface area contributed by atoms with Gasteiger partial charge < -0.3 is 9.84 Å². The van der Waals surface area contributed by atoms with Crippen molar-refractivity contribution in [1.29, 1.82) is 0 Å². The van der Waals surface area contributed by atoms with E-state index < -0.39 is 5.97 Å². The van der Waals surface area contributed by atoms with Gasteiger partial charge in [-0.2, -0.15) is 4.98 Å². The van der Waals surface area contributed by atoms with E-state index in [9.17, 15) is 4.79 Å². The van der Waals surface area contributed by atoms with E-state index in [1.807, 2.05) is 20.8 Å². The van der Waals surface area contributed by atoms with Crippen LogP contribution in [0.2, 0.25) is 0 Å². The fourth-order valence-corrected chi connectivity index (χ4v) is 1.90. The van der Waals surface area contributed by atoms with E-state index in [1.54, 1.807) is 30.3 Å². The lowest BCUT2D eigenvalue weighted by molar-refractivity contribution is -0.136. The Hall–Kier alpha value is -2.43. The van der Waals surface area contributed by atoms with Crippen molar-refractivity contribution < 1.29 is 14.6 Å². The second-order valence-corrected chi connectivity index (χ2v) is 5.14. The first-order chi connectivity index (χ1) is 9.95. The molecule has 1 N–H and O–H groups in total. The van der Waals surface area contributed by atoms with Gasteiger partial charge in [-0.05, 0) is 13.0 Å². The van der Waals surface area contributed by atoms with Crippen LogP contribution in [0.25, 0.3) is 0 Å². The van der Waals surface area contributed by atoms with E-state index in [2.05, 4.69) is 9.97 Å². The number of aryl methyl sites for hydroxylation is 1. The van der Waals surface area contributed by atoms with Gasteiger partial charge in [-0.25, -0.2) is 4.98 Å². The number of rotatable bonds is 5. The molecule has 5 nitrogen and oxygen atoms in total. The van der Waals surface area contributed by atoms with E-state index in [1.165, 1.54) is 0 Å². The molecule has 0 aliphatic rings. The Morgan fingerprint density at radius 2 is 2.00 bits per heavy atom. The summed E-state index contributed by atoms with van der Waals surface area (Å²) in [5, 5.41) is 8.94. The summed E-state index contributed by atoms with van der Waals surface area (Å²) >= 11 is 0. The van der Waals surface area contributed by atoms with E-state index in [-0.39, 0.29) is 12.3 Å². The van der Waals surface area contributed by atoms with Gasteiger partial charge in [-0.1, -0.05) is 32.0 Å². The number of carbonyl (C=O) groups is 1. The summed E-state index contributed by atoms with van der Waals surface area (Å²) in [6.45, 7) is 5.90. The summed E-state index contributed by atoms with van der Waals surface area (Å²) in [5.74, 6) is 0.951. The standard InChI is InChI=1S/C16H18N2O3/c1-10(2)16-17-11(3)8-14(18-16)21-13-7-5-4-6-12(13)9-15(19)20/h4-8,10H,9H2,1-3H3,(H,19,20). The van der Waals surface area contributed by atoms with Crippen LogP contribution < -0.4 is 4.74 Å². The molecule has 0 atom stereocenters. The van der Waals surface area contributed by atoms with Crippen LogP contribution in [0.5, 0.6) is 11.6 Å². The van der Waals surface area contributed by atoms with Crippen LogP contribution >= 0.6 is 0 Å². The molecule has 0 saturated carbocycles. The predicted molar refractivity (Wildman–Crippen MR) is 78.7 cm³/mol. The third-order valence-electron chi connectivity index (χ3n) is 2.89. The van der Waals surface area contributed by atoms with Crippen molar-refractivity contribution in [2.24, 2.45) is 0 Å². The number of hydrogen-bond donors (Lipinski definition) is 1. The minimum Gasteiger partial charge on any atom is -0.481 e. The van der Waals surface area contributed by atoms with E-state index in [0.717, 1.165) is 5.69 Å². The molecule has 0 aliphatic heterocycles. The van der Waals surface area contributed by atoms with Crippen LogP contribution in [0.15, 0.2) is 30.3 Å². The minimum absolute atomic E-state index is 0.0860. The molecule has 1 aromatic carbocycles. The van der Waals surface area contributed by atoms with Crippen molar-refractivity contribution in [2.45, 2.75) is 33.1 Å². The zero-order chi connectivity index (χ0) is 15.4. The number of aromatic nitrogens is 2. The maximum atomic E-state index is 10.9. The summed E-state index contributed by atoms with van der Waals surface area (Å²) in [6.07, 6.45) is -0.0860. The van der Waals surface area contributed by atoms with Crippen LogP contribution in [0.4, 0.5) is 0 Å². The fraction of sp³-hybridized carbons (Fsp3) is 0.312. The number of para-hydroxylation sites is 1. The molecule has 21 heavy (non-hydrogen) atoms. The van der Waals surface area contributed by atoms with Crippen LogP contribution in [-0.4, -0.2) is 21.0 Å². The average Bonchev–Trinajstić information content (AvgIpc) is 2.39. The highest BCUT2D eigenvalue weighted by molar-refractivity contribution is 5.71. The molecular weight excluding hydrogens is 268 g/mol. The molecular formula is C16H18N2O3. The molecule has 0 amide bonds. The van der Waals surface area contributed by atoms with Crippen LogP contribution in [0, 0.1) is 6.92 Å². The van der Waals surface area contributed by atoms with Crippen molar-refractivity contribution in [2.75, 3.05) is 0 Å². The smallest absolute Gasteiger partial charge is 0.307 e. The van der Waals surface area contributed by atoms with Gasteiger partial charge in [0.2, 0.25) is 5.88 Å². The third kappa shape index (κ3) is 4.02. The zero-order valence-corrected chi connectivity index (χ0v) is 12.3. The molecule has 0 fully saturated rings. The largest absolute Gasteiger partial charge is 0.481 e. The normalized spacial score (nSPS) is 10.7. The summed E-state index contributed by atoms with van der Waals surface area (Å²) < 4.78 is 5.77. The second-order valence-electron chi connectivity index (χ2n) is 5.14. The predicted octanol–water partition coefficient (Wildman–Crippen LogP) is 3.33. The lowest BCUT2D eigenvalue weighted by Gasteiger charge is -2.11. The molecule has 1 aromatic heterocycles. The Balaban J connectivity index is 2.32. The van der Waals surface area contributed by atoms with E-state index in [4.69, 9.17) is 9.84 Å². The van der Waals surface area contributed by atoms with E-state index >= 15 is 0 Å². The maximum absolute atomic E-state index is 10.9. The number of ether oxygens (including phenoxy) is 1. The molecule has 0 aliphatic carbocycles. The van der Waals surface area contributed by atoms with Gasteiger partial charge in [0.25, 0.3) is 0 Å². The number of carboxylic acid groups (broad SMARTS) is 1. The molecule has 0 spiro atoms. The van der Waals surface area contributed by atoms with Gasteiger partial charge in [-0.3, -0.25) is 4.79 Å².